The first-order valence-electron chi connectivity index (χ1n) is 8.40. The fraction of sp³-hybridized carbons (Fsp3) is 0.211. The van der Waals surface area contributed by atoms with Crippen molar-refractivity contribution in [2.24, 2.45) is 0 Å². The minimum Gasteiger partial charge on any atom is -0.504 e. The maximum atomic E-state index is 12.3. The number of carbonyl (C=O) groups excluding carboxylic acids is 1. The standard InChI is InChI=1S/C19H20NO7P/c1-2-27-28(26)19(11-13-4-7-15(22)17(24)10-13)20-18(25)8-5-12-3-6-14(21)16(23)9-12/h3-10,19H,2,11H2,1H3,(H4-,20,21,22,23,24,25)/p+1. The quantitative estimate of drug-likeness (QED) is 0.258. The molecule has 1 amide bonds. The molecule has 148 valence electrons. The van der Waals surface area contributed by atoms with Gasteiger partial charge in [-0.05, 0) is 53.0 Å². The van der Waals surface area contributed by atoms with E-state index in [2.05, 4.69) is 5.32 Å². The summed E-state index contributed by atoms with van der Waals surface area (Å²) in [6.45, 7) is 1.88. The van der Waals surface area contributed by atoms with Crippen molar-refractivity contribution in [1.29, 1.82) is 0 Å². The third-order valence-electron chi connectivity index (χ3n) is 3.72. The largest absolute Gasteiger partial charge is 0.533 e. The van der Waals surface area contributed by atoms with Gasteiger partial charge in [0.2, 0.25) is 5.91 Å². The maximum Gasteiger partial charge on any atom is 0.533 e. The van der Waals surface area contributed by atoms with Crippen LogP contribution in [0.1, 0.15) is 18.1 Å². The van der Waals surface area contributed by atoms with Crippen LogP contribution >= 0.6 is 8.03 Å². The van der Waals surface area contributed by atoms with E-state index in [0.717, 1.165) is 0 Å². The first-order chi connectivity index (χ1) is 13.3. The summed E-state index contributed by atoms with van der Waals surface area (Å²) >= 11 is 0. The van der Waals surface area contributed by atoms with E-state index < -0.39 is 19.7 Å². The van der Waals surface area contributed by atoms with E-state index in [-0.39, 0.29) is 36.0 Å². The molecule has 9 heteroatoms. The molecule has 5 N–H and O–H groups in total. The Bertz CT molecular complexity index is 898. The Balaban J connectivity index is 2.11. The smallest absolute Gasteiger partial charge is 0.504 e. The molecule has 0 saturated heterocycles. The van der Waals surface area contributed by atoms with Crippen molar-refractivity contribution >= 4 is 20.0 Å². The van der Waals surface area contributed by atoms with Crippen molar-refractivity contribution in [3.8, 4) is 23.0 Å². The van der Waals surface area contributed by atoms with Gasteiger partial charge in [-0.2, -0.15) is 0 Å². The third-order valence-corrected chi connectivity index (χ3v) is 5.05. The lowest BCUT2D eigenvalue weighted by atomic mass is 10.1. The number of rotatable bonds is 8. The number of phenolic OH excluding ortho intramolecular Hbond substituents is 4. The van der Waals surface area contributed by atoms with E-state index in [1.54, 1.807) is 13.0 Å². The molecule has 2 rings (SSSR count). The molecule has 2 unspecified atom stereocenters. The molecule has 0 aliphatic heterocycles. The minimum atomic E-state index is -2.23. The number of aromatic hydroxyl groups is 4. The zero-order valence-electron chi connectivity index (χ0n) is 15.1. The molecule has 28 heavy (non-hydrogen) atoms. The van der Waals surface area contributed by atoms with Gasteiger partial charge in [-0.25, -0.2) is 0 Å². The third kappa shape index (κ3) is 5.97. The fourth-order valence-corrected chi connectivity index (χ4v) is 3.37. The molecule has 0 aromatic heterocycles. The van der Waals surface area contributed by atoms with E-state index in [9.17, 15) is 29.8 Å². The van der Waals surface area contributed by atoms with E-state index >= 15 is 0 Å². The lowest BCUT2D eigenvalue weighted by Gasteiger charge is -2.09. The summed E-state index contributed by atoms with van der Waals surface area (Å²) in [6, 6.07) is 8.25. The topological polar surface area (TPSA) is 136 Å². The van der Waals surface area contributed by atoms with E-state index in [0.29, 0.717) is 11.1 Å². The normalized spacial score (nSPS) is 12.7. The summed E-state index contributed by atoms with van der Waals surface area (Å²) in [6.07, 6.45) is 2.73. The zero-order chi connectivity index (χ0) is 20.7. The van der Waals surface area contributed by atoms with Crippen LogP contribution in [0.5, 0.6) is 23.0 Å². The molecule has 2 aromatic rings. The highest BCUT2D eigenvalue weighted by Gasteiger charge is 2.33. The van der Waals surface area contributed by atoms with E-state index in [1.165, 1.54) is 42.5 Å². The van der Waals surface area contributed by atoms with Gasteiger partial charge in [-0.3, -0.25) is 4.79 Å². The van der Waals surface area contributed by atoms with Gasteiger partial charge in [0.05, 0.1) is 6.61 Å². The summed E-state index contributed by atoms with van der Waals surface area (Å²) in [5, 5.41) is 40.3. The van der Waals surface area contributed by atoms with Gasteiger partial charge in [0.1, 0.15) is 0 Å². The van der Waals surface area contributed by atoms with Crippen LogP contribution in [-0.2, 0) is 20.3 Å². The molecule has 0 spiro atoms. The molecule has 8 nitrogen and oxygen atoms in total. The predicted octanol–water partition coefficient (Wildman–Crippen LogP) is 2.99. The molecule has 0 bridgehead atoms. The molecule has 0 radical (unpaired) electrons. The summed E-state index contributed by atoms with van der Waals surface area (Å²) in [7, 11) is -2.23. The lowest BCUT2D eigenvalue weighted by Crippen LogP contribution is -2.33. The monoisotopic (exact) mass is 406 g/mol. The fourth-order valence-electron chi connectivity index (χ4n) is 2.34. The number of phenols is 4. The van der Waals surface area contributed by atoms with Crippen molar-refractivity contribution in [3.05, 3.63) is 53.6 Å². The number of benzene rings is 2. The summed E-state index contributed by atoms with van der Waals surface area (Å²) in [4.78, 5) is 12.2. The van der Waals surface area contributed by atoms with E-state index in [1.807, 2.05) is 0 Å². The Hall–Kier alpha value is -3.09. The second kappa shape index (κ2) is 9.73. The van der Waals surface area contributed by atoms with E-state index in [4.69, 9.17) is 4.52 Å². The average molecular weight is 406 g/mol. The highest BCUT2D eigenvalue weighted by atomic mass is 31.1. The van der Waals surface area contributed by atoms with Gasteiger partial charge in [-0.1, -0.05) is 12.1 Å². The van der Waals surface area contributed by atoms with Crippen molar-refractivity contribution < 1.29 is 34.3 Å². The first kappa shape index (κ1) is 21.2. The predicted molar refractivity (Wildman–Crippen MR) is 103 cm³/mol. The molecule has 0 fully saturated rings. The molecule has 0 saturated carbocycles. The van der Waals surface area contributed by atoms with Crippen molar-refractivity contribution in [3.63, 3.8) is 0 Å². The Labute approximate surface area is 162 Å². The molecular weight excluding hydrogens is 385 g/mol. The van der Waals surface area contributed by atoms with Gasteiger partial charge in [0.25, 0.3) is 5.78 Å². The molecule has 0 heterocycles. The number of hydrogen-bond donors (Lipinski definition) is 5. The van der Waals surface area contributed by atoms with Crippen molar-refractivity contribution in [2.45, 2.75) is 19.1 Å². The van der Waals surface area contributed by atoms with Gasteiger partial charge in [0.15, 0.2) is 23.0 Å². The number of carbonyl (C=O) groups is 1. The van der Waals surface area contributed by atoms with Crippen LogP contribution in [0.2, 0.25) is 0 Å². The Kier molecular flexibility index (Phi) is 7.37. The van der Waals surface area contributed by atoms with Crippen LogP contribution in [0.3, 0.4) is 0 Å². The van der Waals surface area contributed by atoms with Gasteiger partial charge >= 0.3 is 8.03 Å². The molecule has 0 aliphatic carbocycles. The maximum absolute atomic E-state index is 12.3. The molecular formula is C19H21NO7P+. The number of hydrogen-bond acceptors (Lipinski definition) is 7. The second-order valence-electron chi connectivity index (χ2n) is 5.84. The zero-order valence-corrected chi connectivity index (χ0v) is 16.0. The second-order valence-corrected chi connectivity index (χ2v) is 7.29. The van der Waals surface area contributed by atoms with Crippen LogP contribution in [0.4, 0.5) is 0 Å². The highest BCUT2D eigenvalue weighted by Crippen LogP contribution is 2.32. The number of amides is 1. The first-order valence-corrected chi connectivity index (χ1v) is 9.65. The van der Waals surface area contributed by atoms with Crippen molar-refractivity contribution in [2.75, 3.05) is 6.61 Å². The van der Waals surface area contributed by atoms with Crippen LogP contribution in [0.15, 0.2) is 42.5 Å². The Morgan fingerprint density at radius 2 is 1.71 bits per heavy atom. The Morgan fingerprint density at radius 3 is 2.32 bits per heavy atom. The minimum absolute atomic E-state index is 0.114. The number of nitrogens with one attached hydrogen (secondary N) is 1. The summed E-state index contributed by atoms with van der Waals surface area (Å²) < 4.78 is 17.4. The molecule has 2 atom stereocenters. The Morgan fingerprint density at radius 1 is 1.07 bits per heavy atom. The van der Waals surface area contributed by atoms with Crippen molar-refractivity contribution in [1.82, 2.24) is 5.32 Å². The van der Waals surface area contributed by atoms with Gasteiger partial charge < -0.3 is 25.7 Å². The van der Waals surface area contributed by atoms with Gasteiger partial charge in [0, 0.05) is 12.5 Å². The molecule has 0 aliphatic rings. The van der Waals surface area contributed by atoms with Crippen LogP contribution in [0, 0.1) is 0 Å². The molecule has 2 aromatic carbocycles. The van der Waals surface area contributed by atoms with Crippen LogP contribution < -0.4 is 5.32 Å². The van der Waals surface area contributed by atoms with Crippen LogP contribution in [-0.4, -0.2) is 38.7 Å². The SMILES string of the molecule is CCO[P+](=O)C(Cc1ccc(O)c(O)c1)NC(=O)/C=C/c1ccc(O)c(O)c1. The van der Waals surface area contributed by atoms with Crippen LogP contribution in [0.25, 0.3) is 6.08 Å². The van der Waals surface area contributed by atoms with Gasteiger partial charge in [-0.15, -0.1) is 4.52 Å². The summed E-state index contributed by atoms with van der Waals surface area (Å²) in [5.41, 5.74) is 1.04. The highest BCUT2D eigenvalue weighted by molar-refractivity contribution is 7.40. The lowest BCUT2D eigenvalue weighted by molar-refractivity contribution is -0.116. The average Bonchev–Trinajstić information content (AvgIpc) is 2.65. The summed E-state index contributed by atoms with van der Waals surface area (Å²) in [5.74, 6) is -2.58.